The van der Waals surface area contributed by atoms with Crippen LogP contribution in [0.15, 0.2) is 65.8 Å². The van der Waals surface area contributed by atoms with Gasteiger partial charge in [0.2, 0.25) is 4.77 Å². The van der Waals surface area contributed by atoms with Crippen LogP contribution in [0.25, 0.3) is 17.2 Å². The number of benzene rings is 2. The lowest BCUT2D eigenvalue weighted by Crippen LogP contribution is -2.07. The van der Waals surface area contributed by atoms with Gasteiger partial charge in [-0.2, -0.15) is 14.9 Å². The Kier molecular flexibility index (Phi) is 4.70. The number of rotatable bonds is 4. The molecule has 0 bridgehead atoms. The first-order valence-corrected chi connectivity index (χ1v) is 9.00. The van der Waals surface area contributed by atoms with E-state index >= 15 is 0 Å². The van der Waals surface area contributed by atoms with Crippen LogP contribution in [-0.2, 0) is 0 Å². The maximum Gasteiger partial charge on any atom is 0.271 e. The molecule has 0 aliphatic carbocycles. The van der Waals surface area contributed by atoms with Crippen LogP contribution in [0.2, 0.25) is 5.02 Å². The fraction of sp³-hybridized carbons (Fsp3) is 0.0526. The van der Waals surface area contributed by atoms with Gasteiger partial charge in [-0.05, 0) is 42.9 Å². The largest absolute Gasteiger partial charge is 0.271 e. The van der Waals surface area contributed by atoms with Gasteiger partial charge >= 0.3 is 0 Å². The van der Waals surface area contributed by atoms with Gasteiger partial charge in [-0.1, -0.05) is 54.1 Å². The third-order valence-corrected chi connectivity index (χ3v) is 4.45. The van der Waals surface area contributed by atoms with Gasteiger partial charge in [0.05, 0.1) is 11.9 Å². The van der Waals surface area contributed by atoms with E-state index in [0.717, 1.165) is 22.5 Å². The molecule has 2 heterocycles. The maximum absolute atomic E-state index is 6.02. The second kappa shape index (κ2) is 7.30. The molecular weight excluding hydrogens is 380 g/mol. The average molecular weight is 395 g/mol. The van der Waals surface area contributed by atoms with E-state index in [-0.39, 0.29) is 0 Å². The number of aromatic amines is 1. The van der Waals surface area contributed by atoms with Crippen molar-refractivity contribution in [1.82, 2.24) is 24.7 Å². The quantitative estimate of drug-likeness (QED) is 0.405. The first-order chi connectivity index (χ1) is 13.1. The van der Waals surface area contributed by atoms with Crippen LogP contribution >= 0.6 is 23.8 Å². The molecule has 0 aliphatic heterocycles. The van der Waals surface area contributed by atoms with Gasteiger partial charge in [0.15, 0.2) is 0 Å². The number of halogens is 1. The van der Waals surface area contributed by atoms with Crippen molar-refractivity contribution in [2.24, 2.45) is 5.10 Å². The fourth-order valence-electron chi connectivity index (χ4n) is 2.66. The molecule has 1 N–H and O–H groups in total. The number of hydrogen-bond acceptors (Lipinski definition) is 4. The number of hydrogen-bond donors (Lipinski definition) is 1. The lowest BCUT2D eigenvalue weighted by Gasteiger charge is -2.03. The molecule has 0 radical (unpaired) electrons. The molecule has 0 atom stereocenters. The Hall–Kier alpha value is -3.03. The van der Waals surface area contributed by atoms with Gasteiger partial charge in [0.1, 0.15) is 0 Å². The Bertz CT molecular complexity index is 1170. The second-order valence-electron chi connectivity index (χ2n) is 5.89. The molecule has 2 aromatic heterocycles. The van der Waals surface area contributed by atoms with Gasteiger partial charge in [-0.3, -0.25) is 0 Å². The summed E-state index contributed by atoms with van der Waals surface area (Å²) < 4.78 is 3.62. The Balaban J connectivity index is 1.74. The second-order valence-corrected chi connectivity index (χ2v) is 6.71. The molecule has 2 aromatic carbocycles. The van der Waals surface area contributed by atoms with Gasteiger partial charge in [0.25, 0.3) is 5.95 Å². The van der Waals surface area contributed by atoms with Crippen LogP contribution in [0.1, 0.15) is 11.3 Å². The van der Waals surface area contributed by atoms with Crippen LogP contribution in [0.3, 0.4) is 0 Å². The Morgan fingerprint density at radius 2 is 1.93 bits per heavy atom. The maximum atomic E-state index is 6.02. The third-order valence-electron chi connectivity index (χ3n) is 3.95. The van der Waals surface area contributed by atoms with E-state index in [1.54, 1.807) is 10.9 Å². The topological polar surface area (TPSA) is 63.8 Å². The number of nitrogens with zero attached hydrogens (tertiary/aromatic N) is 5. The van der Waals surface area contributed by atoms with E-state index in [4.69, 9.17) is 23.8 Å². The van der Waals surface area contributed by atoms with Gasteiger partial charge in [-0.25, -0.2) is 9.78 Å². The Labute approximate surface area is 165 Å². The molecule has 6 nitrogen and oxygen atoms in total. The summed E-state index contributed by atoms with van der Waals surface area (Å²) in [6, 6.07) is 19.4. The van der Waals surface area contributed by atoms with Crippen molar-refractivity contribution in [2.75, 3.05) is 0 Å². The highest BCUT2D eigenvalue weighted by molar-refractivity contribution is 7.71. The van der Waals surface area contributed by atoms with Crippen LogP contribution < -0.4 is 0 Å². The van der Waals surface area contributed by atoms with E-state index in [1.807, 2.05) is 67.6 Å². The highest BCUT2D eigenvalue weighted by Gasteiger charge is 2.14. The van der Waals surface area contributed by atoms with Crippen molar-refractivity contribution < 1.29 is 0 Å². The van der Waals surface area contributed by atoms with Crippen molar-refractivity contribution in [3.8, 4) is 17.2 Å². The summed E-state index contributed by atoms with van der Waals surface area (Å²) in [4.78, 5) is 0. The monoisotopic (exact) mass is 394 g/mol. The van der Waals surface area contributed by atoms with E-state index in [2.05, 4.69) is 20.4 Å². The van der Waals surface area contributed by atoms with Crippen molar-refractivity contribution in [1.29, 1.82) is 0 Å². The number of H-pyrrole nitrogens is 1. The smallest absolute Gasteiger partial charge is 0.248 e. The molecule has 0 fully saturated rings. The Morgan fingerprint density at radius 3 is 2.70 bits per heavy atom. The normalized spacial score (nSPS) is 11.3. The summed E-state index contributed by atoms with van der Waals surface area (Å²) in [5, 5.41) is 16.8. The highest BCUT2D eigenvalue weighted by atomic mass is 35.5. The summed E-state index contributed by atoms with van der Waals surface area (Å²) in [5.74, 6) is 0.484. The minimum atomic E-state index is 0.374. The van der Waals surface area contributed by atoms with Gasteiger partial charge < -0.3 is 0 Å². The van der Waals surface area contributed by atoms with Crippen molar-refractivity contribution in [2.45, 2.75) is 6.92 Å². The molecule has 0 unspecified atom stereocenters. The predicted octanol–water partition coefficient (Wildman–Crippen LogP) is 4.64. The summed E-state index contributed by atoms with van der Waals surface area (Å²) in [7, 11) is 0. The molecule has 4 aromatic rings. The molecule has 0 spiro atoms. The summed E-state index contributed by atoms with van der Waals surface area (Å²) in [5.41, 5.74) is 3.66. The van der Waals surface area contributed by atoms with Crippen molar-refractivity contribution in [3.63, 3.8) is 0 Å². The lowest BCUT2D eigenvalue weighted by molar-refractivity contribution is 0.721. The van der Waals surface area contributed by atoms with Crippen LogP contribution in [0.5, 0.6) is 0 Å². The summed E-state index contributed by atoms with van der Waals surface area (Å²) >= 11 is 11.3. The molecule has 0 saturated carbocycles. The molecule has 8 heteroatoms. The predicted molar refractivity (Wildman–Crippen MR) is 109 cm³/mol. The molecular formula is C19H15ClN6S. The van der Waals surface area contributed by atoms with E-state index in [1.165, 1.54) is 4.68 Å². The van der Waals surface area contributed by atoms with Crippen molar-refractivity contribution >= 4 is 30.0 Å². The zero-order valence-electron chi connectivity index (χ0n) is 14.4. The molecule has 27 heavy (non-hydrogen) atoms. The van der Waals surface area contributed by atoms with Gasteiger partial charge in [-0.15, -0.1) is 5.10 Å². The van der Waals surface area contributed by atoms with E-state index < -0.39 is 0 Å². The zero-order valence-corrected chi connectivity index (χ0v) is 15.9. The van der Waals surface area contributed by atoms with E-state index in [0.29, 0.717) is 15.7 Å². The zero-order chi connectivity index (χ0) is 18.8. The highest BCUT2D eigenvalue weighted by Crippen LogP contribution is 2.20. The van der Waals surface area contributed by atoms with Gasteiger partial charge in [0, 0.05) is 16.3 Å². The number of nitrogens with one attached hydrogen (secondary N) is 1. The lowest BCUT2D eigenvalue weighted by atomic mass is 10.1. The SMILES string of the molecule is Cc1cc(-c2ccccc2)nn1-c1n[nH]c(=S)n1/N=C/c1cccc(Cl)c1. The summed E-state index contributed by atoms with van der Waals surface area (Å²) in [6.07, 6.45) is 1.68. The molecule has 0 saturated heterocycles. The number of aromatic nitrogens is 5. The minimum Gasteiger partial charge on any atom is -0.248 e. The fourth-order valence-corrected chi connectivity index (χ4v) is 3.04. The first-order valence-electron chi connectivity index (χ1n) is 8.21. The van der Waals surface area contributed by atoms with Crippen molar-refractivity contribution in [3.05, 3.63) is 81.7 Å². The average Bonchev–Trinajstić information content (AvgIpc) is 3.23. The number of aryl methyl sites for hydroxylation is 1. The van der Waals surface area contributed by atoms with E-state index in [9.17, 15) is 0 Å². The molecule has 134 valence electrons. The summed E-state index contributed by atoms with van der Waals surface area (Å²) in [6.45, 7) is 1.96. The molecule has 0 amide bonds. The third kappa shape index (κ3) is 3.60. The Morgan fingerprint density at radius 1 is 1.11 bits per heavy atom. The van der Waals surface area contributed by atoms with Crippen LogP contribution in [0, 0.1) is 11.7 Å². The molecule has 0 aliphatic rings. The standard InChI is InChI=1S/C19H15ClN6S/c1-13-10-17(15-7-3-2-4-8-15)24-25(13)18-22-23-19(27)26(18)21-12-14-6-5-9-16(20)11-14/h2-12H,1H3,(H,23,27)/b21-12+. The first kappa shape index (κ1) is 17.4. The van der Waals surface area contributed by atoms with Crippen LogP contribution in [0.4, 0.5) is 0 Å². The minimum absolute atomic E-state index is 0.374. The van der Waals surface area contributed by atoms with Crippen LogP contribution in [-0.4, -0.2) is 30.9 Å². The molecule has 4 rings (SSSR count).